The molecule has 1 aromatic heterocycles. The molecule has 2 rings (SSSR count). The Morgan fingerprint density at radius 2 is 2.32 bits per heavy atom. The molecular formula is C14H19N3OS. The third kappa shape index (κ3) is 3.68. The second-order valence-electron chi connectivity index (χ2n) is 4.58. The highest BCUT2D eigenvalue weighted by molar-refractivity contribution is 7.18. The summed E-state index contributed by atoms with van der Waals surface area (Å²) in [5, 5.41) is 4.33. The van der Waals surface area contributed by atoms with Crippen LogP contribution in [0.1, 0.15) is 11.9 Å². The molecule has 0 amide bonds. The number of nitrogens with one attached hydrogen (secondary N) is 1. The zero-order valence-corrected chi connectivity index (χ0v) is 12.1. The first-order chi connectivity index (χ1) is 9.06. The van der Waals surface area contributed by atoms with E-state index in [-0.39, 0.29) is 0 Å². The number of ether oxygens (including phenoxy) is 1. The largest absolute Gasteiger partial charge is 0.397 e. The van der Waals surface area contributed by atoms with Gasteiger partial charge in [-0.25, -0.2) is 4.98 Å². The molecule has 0 unspecified atom stereocenters. The molecule has 0 radical (unpaired) electrons. The van der Waals surface area contributed by atoms with Gasteiger partial charge in [-0.05, 0) is 26.0 Å². The number of fused-ring (bicyclic) bond motifs is 1. The summed E-state index contributed by atoms with van der Waals surface area (Å²) >= 11 is 1.66. The molecule has 102 valence electrons. The molecule has 0 aliphatic heterocycles. The van der Waals surface area contributed by atoms with Crippen LogP contribution in [0.25, 0.3) is 10.2 Å². The van der Waals surface area contributed by atoms with Crippen LogP contribution in [-0.4, -0.2) is 24.7 Å². The van der Waals surface area contributed by atoms with Gasteiger partial charge in [0, 0.05) is 6.54 Å². The smallest absolute Gasteiger partial charge is 0.0907 e. The number of aromatic nitrogens is 1. The van der Waals surface area contributed by atoms with Crippen molar-refractivity contribution in [1.29, 1.82) is 0 Å². The van der Waals surface area contributed by atoms with Crippen molar-refractivity contribution < 1.29 is 4.74 Å². The maximum Gasteiger partial charge on any atom is 0.0907 e. The number of anilines is 2. The molecule has 0 spiro atoms. The van der Waals surface area contributed by atoms with Gasteiger partial charge in [-0.1, -0.05) is 12.2 Å². The van der Waals surface area contributed by atoms with E-state index in [1.807, 2.05) is 26.0 Å². The number of nitrogens with two attached hydrogens (primary N) is 1. The van der Waals surface area contributed by atoms with Gasteiger partial charge in [0.25, 0.3) is 0 Å². The van der Waals surface area contributed by atoms with Gasteiger partial charge in [0.1, 0.15) is 0 Å². The van der Waals surface area contributed by atoms with Gasteiger partial charge in [-0.15, -0.1) is 11.3 Å². The number of thiazole rings is 1. The van der Waals surface area contributed by atoms with Crippen molar-refractivity contribution in [3.8, 4) is 0 Å². The Labute approximate surface area is 117 Å². The number of hydrogen-bond acceptors (Lipinski definition) is 5. The standard InChI is InChI=1S/C14H19N3OS/c1-9(2)8-18-5-4-16-12-7-13-14(6-11(12)15)19-10(3)17-13/h6-7,16H,1,4-5,8,15H2,2-3H3. The van der Waals surface area contributed by atoms with Crippen LogP contribution in [0.5, 0.6) is 0 Å². The summed E-state index contributed by atoms with van der Waals surface area (Å²) in [5.41, 5.74) is 9.70. The van der Waals surface area contributed by atoms with Crippen LogP contribution >= 0.6 is 11.3 Å². The molecule has 4 nitrogen and oxygen atoms in total. The molecule has 0 fully saturated rings. The van der Waals surface area contributed by atoms with Gasteiger partial charge in [-0.2, -0.15) is 0 Å². The van der Waals surface area contributed by atoms with E-state index in [1.54, 1.807) is 11.3 Å². The van der Waals surface area contributed by atoms with Crippen molar-refractivity contribution in [2.75, 3.05) is 30.8 Å². The molecule has 3 N–H and O–H groups in total. The van der Waals surface area contributed by atoms with Crippen LogP contribution in [0.15, 0.2) is 24.3 Å². The summed E-state index contributed by atoms with van der Waals surface area (Å²) in [6.45, 7) is 9.68. The number of nitrogen functional groups attached to an aromatic ring is 1. The molecule has 5 heteroatoms. The predicted octanol–water partition coefficient (Wildman–Crippen LogP) is 3.19. The van der Waals surface area contributed by atoms with Crippen molar-refractivity contribution in [3.63, 3.8) is 0 Å². The molecule has 0 saturated heterocycles. The number of hydrogen-bond donors (Lipinski definition) is 2. The lowest BCUT2D eigenvalue weighted by molar-refractivity contribution is 0.167. The molecule has 19 heavy (non-hydrogen) atoms. The summed E-state index contributed by atoms with van der Waals surface area (Å²) in [7, 11) is 0. The Bertz CT molecular complexity index is 592. The Kier molecular flexibility index (Phi) is 4.39. The summed E-state index contributed by atoms with van der Waals surface area (Å²) in [6.07, 6.45) is 0. The van der Waals surface area contributed by atoms with Crippen molar-refractivity contribution in [2.24, 2.45) is 0 Å². The van der Waals surface area contributed by atoms with E-state index in [0.717, 1.165) is 32.2 Å². The van der Waals surface area contributed by atoms with E-state index < -0.39 is 0 Å². The lowest BCUT2D eigenvalue weighted by Gasteiger charge is -2.09. The molecule has 2 aromatic rings. The van der Waals surface area contributed by atoms with Gasteiger partial charge in [0.2, 0.25) is 0 Å². The average molecular weight is 277 g/mol. The van der Waals surface area contributed by atoms with Crippen LogP contribution in [-0.2, 0) is 4.74 Å². The van der Waals surface area contributed by atoms with E-state index >= 15 is 0 Å². The van der Waals surface area contributed by atoms with Gasteiger partial charge in [0.05, 0.1) is 39.8 Å². The number of rotatable bonds is 6. The van der Waals surface area contributed by atoms with Crippen LogP contribution < -0.4 is 11.1 Å². The summed E-state index contributed by atoms with van der Waals surface area (Å²) in [6, 6.07) is 3.96. The third-order valence-electron chi connectivity index (χ3n) is 2.58. The van der Waals surface area contributed by atoms with Gasteiger partial charge in [0.15, 0.2) is 0 Å². The van der Waals surface area contributed by atoms with Gasteiger partial charge < -0.3 is 15.8 Å². The molecule has 0 bridgehead atoms. The third-order valence-corrected chi connectivity index (χ3v) is 3.51. The van der Waals surface area contributed by atoms with E-state index in [0.29, 0.717) is 19.8 Å². The lowest BCUT2D eigenvalue weighted by Crippen LogP contribution is -2.11. The minimum absolute atomic E-state index is 0.599. The van der Waals surface area contributed by atoms with E-state index in [1.165, 1.54) is 0 Å². The molecular weight excluding hydrogens is 258 g/mol. The Morgan fingerprint density at radius 1 is 1.53 bits per heavy atom. The number of nitrogens with zero attached hydrogens (tertiary/aromatic N) is 1. The second kappa shape index (κ2) is 6.04. The Hall–Kier alpha value is -1.59. The fourth-order valence-corrected chi connectivity index (χ4v) is 2.62. The predicted molar refractivity (Wildman–Crippen MR) is 82.9 cm³/mol. The highest BCUT2D eigenvalue weighted by Crippen LogP contribution is 2.29. The second-order valence-corrected chi connectivity index (χ2v) is 5.81. The Balaban J connectivity index is 1.96. The SMILES string of the molecule is C=C(C)COCCNc1cc2nc(C)sc2cc1N. The monoisotopic (exact) mass is 277 g/mol. The van der Waals surface area contributed by atoms with Crippen molar-refractivity contribution in [2.45, 2.75) is 13.8 Å². The summed E-state index contributed by atoms with van der Waals surface area (Å²) < 4.78 is 6.56. The molecule has 0 saturated carbocycles. The van der Waals surface area contributed by atoms with Crippen molar-refractivity contribution >= 4 is 32.9 Å². The zero-order valence-electron chi connectivity index (χ0n) is 11.3. The quantitative estimate of drug-likeness (QED) is 0.483. The minimum Gasteiger partial charge on any atom is -0.397 e. The normalized spacial score (nSPS) is 10.8. The van der Waals surface area contributed by atoms with E-state index in [4.69, 9.17) is 10.5 Å². The van der Waals surface area contributed by atoms with Crippen LogP contribution in [0.2, 0.25) is 0 Å². The lowest BCUT2D eigenvalue weighted by atomic mass is 10.2. The molecule has 1 aromatic carbocycles. The summed E-state index contributed by atoms with van der Waals surface area (Å²) in [4.78, 5) is 4.46. The number of aryl methyl sites for hydroxylation is 1. The van der Waals surface area contributed by atoms with Crippen LogP contribution in [0.3, 0.4) is 0 Å². The van der Waals surface area contributed by atoms with Gasteiger partial charge >= 0.3 is 0 Å². The highest BCUT2D eigenvalue weighted by Gasteiger charge is 2.05. The maximum absolute atomic E-state index is 6.02. The highest BCUT2D eigenvalue weighted by atomic mass is 32.1. The van der Waals surface area contributed by atoms with E-state index in [2.05, 4.69) is 16.9 Å². The number of benzene rings is 1. The first kappa shape index (κ1) is 13.8. The minimum atomic E-state index is 0.599. The topological polar surface area (TPSA) is 60.2 Å². The van der Waals surface area contributed by atoms with E-state index in [9.17, 15) is 0 Å². The summed E-state index contributed by atoms with van der Waals surface area (Å²) in [5.74, 6) is 0. The van der Waals surface area contributed by atoms with Crippen LogP contribution in [0.4, 0.5) is 11.4 Å². The average Bonchev–Trinajstić information content (AvgIpc) is 2.67. The molecule has 0 atom stereocenters. The molecule has 0 aliphatic carbocycles. The van der Waals surface area contributed by atoms with Crippen molar-refractivity contribution in [3.05, 3.63) is 29.3 Å². The fraction of sp³-hybridized carbons (Fsp3) is 0.357. The Morgan fingerprint density at radius 3 is 3.05 bits per heavy atom. The zero-order chi connectivity index (χ0) is 13.8. The maximum atomic E-state index is 6.02. The van der Waals surface area contributed by atoms with Gasteiger partial charge in [-0.3, -0.25) is 0 Å². The van der Waals surface area contributed by atoms with Crippen LogP contribution in [0, 0.1) is 6.92 Å². The fourth-order valence-electron chi connectivity index (χ4n) is 1.76. The first-order valence-electron chi connectivity index (χ1n) is 6.19. The molecule has 0 aliphatic rings. The van der Waals surface area contributed by atoms with Crippen molar-refractivity contribution in [1.82, 2.24) is 4.98 Å². The molecule has 1 heterocycles. The first-order valence-corrected chi connectivity index (χ1v) is 7.00.